The van der Waals surface area contributed by atoms with Crippen LogP contribution in [0.3, 0.4) is 0 Å². The normalized spacial score (nSPS) is 17.1. The Morgan fingerprint density at radius 2 is 2.05 bits per heavy atom. The molecule has 1 aromatic carbocycles. The molecule has 7 heteroatoms. The monoisotopic (exact) mass is 297 g/mol. The average Bonchev–Trinajstić information content (AvgIpc) is 2.95. The van der Waals surface area contributed by atoms with Crippen LogP contribution >= 0.6 is 11.3 Å². The van der Waals surface area contributed by atoms with E-state index in [2.05, 4.69) is 9.71 Å². The molecule has 0 unspecified atom stereocenters. The zero-order valence-corrected chi connectivity index (χ0v) is 11.9. The van der Waals surface area contributed by atoms with E-state index < -0.39 is 10.0 Å². The number of nitrogens with zero attached hydrogens (tertiary/aromatic N) is 1. The molecule has 3 rings (SSSR count). The number of nitrogens with one attached hydrogen (secondary N) is 1. The fourth-order valence-electron chi connectivity index (χ4n) is 2.39. The molecule has 1 saturated carbocycles. The molecule has 5 nitrogen and oxygen atoms in total. The van der Waals surface area contributed by atoms with Crippen LogP contribution in [-0.4, -0.2) is 18.7 Å². The Morgan fingerprint density at radius 1 is 1.32 bits per heavy atom. The Morgan fingerprint density at radius 3 is 2.79 bits per heavy atom. The van der Waals surface area contributed by atoms with Gasteiger partial charge in [-0.25, -0.2) is 13.4 Å². The van der Waals surface area contributed by atoms with Crippen LogP contribution < -0.4 is 10.5 Å². The van der Waals surface area contributed by atoms with Crippen molar-refractivity contribution in [3.8, 4) is 0 Å². The zero-order valence-electron chi connectivity index (χ0n) is 10.3. The summed E-state index contributed by atoms with van der Waals surface area (Å²) in [5, 5.41) is 0.150. The van der Waals surface area contributed by atoms with Gasteiger partial charge in [0.15, 0.2) is 5.13 Å². The van der Waals surface area contributed by atoms with Crippen LogP contribution in [0.15, 0.2) is 18.2 Å². The summed E-state index contributed by atoms with van der Waals surface area (Å²) in [7, 11) is -3.30. The van der Waals surface area contributed by atoms with Crippen LogP contribution in [0, 0.1) is 0 Å². The van der Waals surface area contributed by atoms with Crippen molar-refractivity contribution < 1.29 is 8.42 Å². The molecule has 102 valence electrons. The first kappa shape index (κ1) is 12.7. The number of rotatable bonds is 3. The Hall–Kier alpha value is -1.34. The molecule has 0 aliphatic heterocycles. The number of benzene rings is 1. The van der Waals surface area contributed by atoms with Crippen LogP contribution in [0.1, 0.15) is 25.7 Å². The number of sulfonamides is 1. The van der Waals surface area contributed by atoms with Gasteiger partial charge in [-0.05, 0) is 31.0 Å². The lowest BCUT2D eigenvalue weighted by Gasteiger charge is -2.10. The van der Waals surface area contributed by atoms with E-state index in [1.807, 2.05) is 0 Å². The van der Waals surface area contributed by atoms with Crippen molar-refractivity contribution in [1.82, 2.24) is 4.98 Å². The summed E-state index contributed by atoms with van der Waals surface area (Å²) in [6.07, 6.45) is 3.46. The van der Waals surface area contributed by atoms with Gasteiger partial charge in [-0.2, -0.15) is 0 Å². The first-order valence-electron chi connectivity index (χ1n) is 6.22. The minimum absolute atomic E-state index is 0.274. The van der Waals surface area contributed by atoms with Gasteiger partial charge >= 0.3 is 0 Å². The molecule has 1 aromatic heterocycles. The summed E-state index contributed by atoms with van der Waals surface area (Å²) in [6.45, 7) is 0. The number of hydrogen-bond acceptors (Lipinski definition) is 5. The highest BCUT2D eigenvalue weighted by Gasteiger charge is 2.29. The van der Waals surface area contributed by atoms with Crippen molar-refractivity contribution in [3.05, 3.63) is 18.2 Å². The summed E-state index contributed by atoms with van der Waals surface area (Å²) >= 11 is 1.32. The fraction of sp³-hybridized carbons (Fsp3) is 0.417. The van der Waals surface area contributed by atoms with E-state index in [-0.39, 0.29) is 5.25 Å². The van der Waals surface area contributed by atoms with Gasteiger partial charge in [-0.1, -0.05) is 24.2 Å². The standard InChI is InChI=1S/C12H15N3O2S2/c13-8-5-6-10-11(7-8)18-12(14-10)15-19(16,17)9-3-1-2-4-9/h5-7,9H,1-4,13H2,(H,14,15). The van der Waals surface area contributed by atoms with Crippen molar-refractivity contribution in [2.45, 2.75) is 30.9 Å². The smallest absolute Gasteiger partial charge is 0.237 e. The number of hydrogen-bond donors (Lipinski definition) is 2. The molecule has 0 saturated heterocycles. The van der Waals surface area contributed by atoms with Gasteiger partial charge in [0.05, 0.1) is 15.5 Å². The number of nitrogens with two attached hydrogens (primary N) is 1. The lowest BCUT2D eigenvalue weighted by molar-refractivity contribution is 0.585. The number of fused-ring (bicyclic) bond motifs is 1. The molecule has 2 aromatic rings. The SMILES string of the molecule is Nc1ccc2nc(NS(=O)(=O)C3CCCC3)sc2c1. The van der Waals surface area contributed by atoms with E-state index in [4.69, 9.17) is 5.73 Å². The molecule has 0 amide bonds. The van der Waals surface area contributed by atoms with Crippen molar-refractivity contribution in [1.29, 1.82) is 0 Å². The maximum atomic E-state index is 12.2. The zero-order chi connectivity index (χ0) is 13.5. The second-order valence-corrected chi connectivity index (χ2v) is 7.79. The Balaban J connectivity index is 1.88. The van der Waals surface area contributed by atoms with Gasteiger partial charge < -0.3 is 5.73 Å². The molecule has 1 fully saturated rings. The minimum atomic E-state index is -3.30. The lowest BCUT2D eigenvalue weighted by atomic mass is 10.3. The second kappa shape index (κ2) is 4.64. The second-order valence-electron chi connectivity index (χ2n) is 4.80. The van der Waals surface area contributed by atoms with Crippen molar-refractivity contribution >= 4 is 42.4 Å². The topological polar surface area (TPSA) is 85.1 Å². The number of thiazole rings is 1. The number of aromatic nitrogens is 1. The summed E-state index contributed by atoms with van der Waals surface area (Å²) in [6, 6.07) is 5.37. The molecule has 1 aliphatic carbocycles. The molecule has 0 spiro atoms. The van der Waals surface area contributed by atoms with E-state index in [1.165, 1.54) is 11.3 Å². The Labute approximate surface area is 115 Å². The molecular formula is C12H15N3O2S2. The van der Waals surface area contributed by atoms with Crippen molar-refractivity contribution in [3.63, 3.8) is 0 Å². The lowest BCUT2D eigenvalue weighted by Crippen LogP contribution is -2.25. The molecular weight excluding hydrogens is 282 g/mol. The van der Waals surface area contributed by atoms with Crippen LogP contribution in [0.25, 0.3) is 10.2 Å². The Bertz CT molecular complexity index is 703. The maximum absolute atomic E-state index is 12.2. The molecule has 0 bridgehead atoms. The van der Waals surface area contributed by atoms with Gasteiger partial charge in [0.1, 0.15) is 0 Å². The molecule has 1 aliphatic rings. The maximum Gasteiger partial charge on any atom is 0.237 e. The summed E-state index contributed by atoms with van der Waals surface area (Å²) < 4.78 is 27.9. The highest BCUT2D eigenvalue weighted by molar-refractivity contribution is 7.93. The predicted molar refractivity (Wildman–Crippen MR) is 78.8 cm³/mol. The third-order valence-electron chi connectivity index (χ3n) is 3.38. The van der Waals surface area contributed by atoms with Gasteiger partial charge in [0.2, 0.25) is 10.0 Å². The quantitative estimate of drug-likeness (QED) is 0.853. The minimum Gasteiger partial charge on any atom is -0.399 e. The fourth-order valence-corrected chi connectivity index (χ4v) is 5.08. The van der Waals surface area contributed by atoms with Gasteiger partial charge in [-0.3, -0.25) is 4.72 Å². The molecule has 1 heterocycles. The summed E-state index contributed by atoms with van der Waals surface area (Å²) in [5.41, 5.74) is 7.12. The Kier molecular flexibility index (Phi) is 3.10. The molecule has 0 radical (unpaired) electrons. The largest absolute Gasteiger partial charge is 0.399 e. The van der Waals surface area contributed by atoms with Crippen LogP contribution in [0.5, 0.6) is 0 Å². The van der Waals surface area contributed by atoms with Gasteiger partial charge in [0.25, 0.3) is 0 Å². The van der Waals surface area contributed by atoms with Crippen LogP contribution in [0.4, 0.5) is 10.8 Å². The van der Waals surface area contributed by atoms with E-state index in [0.29, 0.717) is 10.8 Å². The summed E-state index contributed by atoms with van der Waals surface area (Å²) in [5.74, 6) is 0. The first-order valence-corrected chi connectivity index (χ1v) is 8.58. The highest BCUT2D eigenvalue weighted by atomic mass is 32.2. The van der Waals surface area contributed by atoms with Crippen molar-refractivity contribution in [2.24, 2.45) is 0 Å². The number of anilines is 2. The van der Waals surface area contributed by atoms with E-state index in [1.54, 1.807) is 18.2 Å². The third kappa shape index (κ3) is 2.52. The predicted octanol–water partition coefficient (Wildman–Crippen LogP) is 2.56. The molecule has 3 N–H and O–H groups in total. The third-order valence-corrected chi connectivity index (χ3v) is 6.27. The number of nitrogen functional groups attached to an aromatic ring is 1. The van der Waals surface area contributed by atoms with E-state index in [9.17, 15) is 8.42 Å². The van der Waals surface area contributed by atoms with Crippen molar-refractivity contribution in [2.75, 3.05) is 10.5 Å². The van der Waals surface area contributed by atoms with Gasteiger partial charge in [-0.15, -0.1) is 0 Å². The highest BCUT2D eigenvalue weighted by Crippen LogP contribution is 2.31. The first-order chi connectivity index (χ1) is 9.04. The van der Waals surface area contributed by atoms with Gasteiger partial charge in [0, 0.05) is 5.69 Å². The summed E-state index contributed by atoms with van der Waals surface area (Å²) in [4.78, 5) is 4.28. The molecule has 19 heavy (non-hydrogen) atoms. The van der Waals surface area contributed by atoms with E-state index >= 15 is 0 Å². The van der Waals surface area contributed by atoms with E-state index in [0.717, 1.165) is 35.9 Å². The molecule has 0 atom stereocenters. The van der Waals surface area contributed by atoms with Crippen LogP contribution in [0.2, 0.25) is 0 Å². The van der Waals surface area contributed by atoms with Crippen LogP contribution in [-0.2, 0) is 10.0 Å². The average molecular weight is 297 g/mol.